The molecule has 1 atom stereocenters. The average molecular weight is 486 g/mol. The molecule has 0 saturated carbocycles. The summed E-state index contributed by atoms with van der Waals surface area (Å²) in [5.74, 6) is 0.700. The van der Waals surface area contributed by atoms with E-state index in [4.69, 9.17) is 9.15 Å². The third kappa shape index (κ3) is 4.11. The first kappa shape index (κ1) is 23.3. The molecule has 0 spiro atoms. The van der Waals surface area contributed by atoms with Crippen LogP contribution in [0.4, 0.5) is 10.1 Å². The van der Waals surface area contributed by atoms with Crippen molar-refractivity contribution in [2.75, 3.05) is 39.2 Å². The van der Waals surface area contributed by atoms with E-state index in [0.717, 1.165) is 16.8 Å². The number of carbonyl (C=O) groups is 1. The van der Waals surface area contributed by atoms with Crippen molar-refractivity contribution in [3.8, 4) is 34.3 Å². The summed E-state index contributed by atoms with van der Waals surface area (Å²) in [6, 6.07) is 13.0. The predicted molar refractivity (Wildman–Crippen MR) is 134 cm³/mol. The molecule has 0 aliphatic carbocycles. The van der Waals surface area contributed by atoms with E-state index in [-0.39, 0.29) is 11.6 Å². The van der Waals surface area contributed by atoms with Crippen LogP contribution in [-0.4, -0.2) is 61.2 Å². The SMILES string of the molecule is COc1cc(C(=O)N(C)C)ncc1-c1cc2nccc(-c3ccc(N4CC[C@@H](F)C4)c(C#N)c3)c2o1. The van der Waals surface area contributed by atoms with Gasteiger partial charge in [0.2, 0.25) is 0 Å². The second-order valence-corrected chi connectivity index (χ2v) is 8.83. The summed E-state index contributed by atoms with van der Waals surface area (Å²) in [5, 5.41) is 9.78. The Kier molecular flexibility index (Phi) is 6.02. The number of amides is 1. The van der Waals surface area contributed by atoms with E-state index >= 15 is 0 Å². The monoisotopic (exact) mass is 485 g/mol. The number of ether oxygens (including phenoxy) is 1. The van der Waals surface area contributed by atoms with Crippen LogP contribution in [0.2, 0.25) is 0 Å². The molecule has 4 heterocycles. The smallest absolute Gasteiger partial charge is 0.272 e. The van der Waals surface area contributed by atoms with Crippen LogP contribution >= 0.6 is 0 Å². The first-order valence-electron chi connectivity index (χ1n) is 11.5. The highest BCUT2D eigenvalue weighted by Gasteiger charge is 2.24. The van der Waals surface area contributed by atoms with Crippen LogP contribution < -0.4 is 9.64 Å². The molecule has 5 rings (SSSR count). The third-order valence-electron chi connectivity index (χ3n) is 6.29. The summed E-state index contributed by atoms with van der Waals surface area (Å²) in [7, 11) is 4.83. The summed E-state index contributed by atoms with van der Waals surface area (Å²) in [6.07, 6.45) is 2.82. The number of benzene rings is 1. The molecule has 1 aliphatic rings. The van der Waals surface area contributed by atoms with Gasteiger partial charge in [-0.3, -0.25) is 14.8 Å². The van der Waals surface area contributed by atoms with Gasteiger partial charge in [0.25, 0.3) is 5.91 Å². The van der Waals surface area contributed by atoms with E-state index in [0.29, 0.717) is 53.2 Å². The number of aromatic nitrogens is 2. The first-order chi connectivity index (χ1) is 17.4. The fraction of sp³-hybridized carbons (Fsp3) is 0.259. The fourth-order valence-electron chi connectivity index (χ4n) is 4.44. The number of pyridine rings is 2. The maximum absolute atomic E-state index is 13.7. The summed E-state index contributed by atoms with van der Waals surface area (Å²) < 4.78 is 25.5. The minimum atomic E-state index is -0.876. The van der Waals surface area contributed by atoms with Gasteiger partial charge in [-0.2, -0.15) is 5.26 Å². The minimum Gasteiger partial charge on any atom is -0.496 e. The number of nitrogens with zero attached hydrogens (tertiary/aromatic N) is 5. The lowest BCUT2D eigenvalue weighted by atomic mass is 10.0. The molecule has 182 valence electrons. The van der Waals surface area contributed by atoms with Crippen molar-refractivity contribution in [3.63, 3.8) is 0 Å². The largest absolute Gasteiger partial charge is 0.496 e. The van der Waals surface area contributed by atoms with Crippen molar-refractivity contribution in [1.82, 2.24) is 14.9 Å². The Morgan fingerprint density at radius 2 is 2.06 bits per heavy atom. The number of methoxy groups -OCH3 is 1. The quantitative estimate of drug-likeness (QED) is 0.405. The number of hydrogen-bond donors (Lipinski definition) is 0. The van der Waals surface area contributed by atoms with Crippen LogP contribution in [0.15, 0.2) is 53.2 Å². The van der Waals surface area contributed by atoms with Gasteiger partial charge in [0.05, 0.1) is 23.9 Å². The van der Waals surface area contributed by atoms with Gasteiger partial charge in [0, 0.05) is 57.3 Å². The number of fused-ring (bicyclic) bond motifs is 1. The number of hydrogen-bond acceptors (Lipinski definition) is 7. The molecular formula is C27H24FN5O3. The molecule has 0 N–H and O–H groups in total. The van der Waals surface area contributed by atoms with Gasteiger partial charge in [-0.05, 0) is 30.2 Å². The molecule has 1 aliphatic heterocycles. The van der Waals surface area contributed by atoms with Crippen molar-refractivity contribution in [3.05, 3.63) is 60.0 Å². The van der Waals surface area contributed by atoms with Crippen molar-refractivity contribution in [2.45, 2.75) is 12.6 Å². The number of nitriles is 1. The van der Waals surface area contributed by atoms with Gasteiger partial charge >= 0.3 is 0 Å². The number of anilines is 1. The fourth-order valence-corrected chi connectivity index (χ4v) is 4.44. The van der Waals surface area contributed by atoms with Gasteiger partial charge < -0.3 is 19.0 Å². The van der Waals surface area contributed by atoms with Crippen LogP contribution in [0.25, 0.3) is 33.6 Å². The highest BCUT2D eigenvalue weighted by Crippen LogP contribution is 2.38. The van der Waals surface area contributed by atoms with Gasteiger partial charge in [-0.25, -0.2) is 4.39 Å². The summed E-state index contributed by atoms with van der Waals surface area (Å²) >= 11 is 0. The number of rotatable bonds is 5. The molecule has 4 aromatic rings. The summed E-state index contributed by atoms with van der Waals surface area (Å²) in [4.78, 5) is 24.4. The van der Waals surface area contributed by atoms with E-state index in [2.05, 4.69) is 16.0 Å². The first-order valence-corrected chi connectivity index (χ1v) is 11.5. The topological polar surface area (TPSA) is 95.5 Å². The Morgan fingerprint density at radius 1 is 1.22 bits per heavy atom. The van der Waals surface area contributed by atoms with E-state index in [1.54, 1.807) is 44.7 Å². The lowest BCUT2D eigenvalue weighted by Gasteiger charge is -2.19. The number of halogens is 1. The zero-order valence-corrected chi connectivity index (χ0v) is 20.2. The summed E-state index contributed by atoms with van der Waals surface area (Å²) in [5.41, 5.74) is 4.78. The van der Waals surface area contributed by atoms with Gasteiger partial charge in [-0.15, -0.1) is 0 Å². The Labute approximate surface area is 207 Å². The van der Waals surface area contributed by atoms with Gasteiger partial charge in [-0.1, -0.05) is 6.07 Å². The molecule has 1 fully saturated rings. The standard InChI is InChI=1S/C27H24FN5O3/c1-32(2)27(34)22-12-24(35-3)20(14-31-22)25-11-21-26(36-25)19(6-8-30-21)16-4-5-23(17(10-16)13-29)33-9-7-18(28)15-33/h4-6,8,10-12,14,18H,7,9,15H2,1-3H3/t18-/m1/s1. The molecule has 0 radical (unpaired) electrons. The van der Waals surface area contributed by atoms with Crippen LogP contribution in [0, 0.1) is 11.3 Å². The second kappa shape index (κ2) is 9.30. The zero-order valence-electron chi connectivity index (χ0n) is 20.2. The molecule has 1 aromatic carbocycles. The molecule has 1 amide bonds. The Hall–Kier alpha value is -4.45. The number of carbonyl (C=O) groups excluding carboxylic acids is 1. The minimum absolute atomic E-state index is 0.235. The Balaban J connectivity index is 1.56. The molecule has 1 saturated heterocycles. The Bertz CT molecular complexity index is 1510. The Morgan fingerprint density at radius 3 is 2.75 bits per heavy atom. The molecular weight excluding hydrogens is 461 g/mol. The van der Waals surface area contributed by atoms with Crippen molar-refractivity contribution >= 4 is 22.7 Å². The number of alkyl halides is 1. The van der Waals surface area contributed by atoms with E-state index < -0.39 is 6.17 Å². The van der Waals surface area contributed by atoms with Gasteiger partial charge in [0.1, 0.15) is 35.0 Å². The second-order valence-electron chi connectivity index (χ2n) is 8.83. The van der Waals surface area contributed by atoms with Crippen LogP contribution in [0.1, 0.15) is 22.5 Å². The highest BCUT2D eigenvalue weighted by molar-refractivity contribution is 5.95. The van der Waals surface area contributed by atoms with E-state index in [1.807, 2.05) is 23.1 Å². The van der Waals surface area contributed by atoms with Crippen molar-refractivity contribution in [2.24, 2.45) is 0 Å². The van der Waals surface area contributed by atoms with Crippen LogP contribution in [0.3, 0.4) is 0 Å². The number of furan rings is 1. The molecule has 0 unspecified atom stereocenters. The van der Waals surface area contributed by atoms with Crippen molar-refractivity contribution < 1.29 is 18.3 Å². The van der Waals surface area contributed by atoms with Gasteiger partial charge in [0.15, 0.2) is 5.58 Å². The molecule has 36 heavy (non-hydrogen) atoms. The van der Waals surface area contributed by atoms with Crippen molar-refractivity contribution in [1.29, 1.82) is 5.26 Å². The summed E-state index contributed by atoms with van der Waals surface area (Å²) in [6.45, 7) is 0.884. The predicted octanol–water partition coefficient (Wildman–Crippen LogP) is 4.69. The zero-order chi connectivity index (χ0) is 25.4. The molecule has 0 bridgehead atoms. The lowest BCUT2D eigenvalue weighted by Crippen LogP contribution is -2.22. The molecule has 8 nitrogen and oxygen atoms in total. The lowest BCUT2D eigenvalue weighted by molar-refractivity contribution is 0.0821. The molecule has 9 heteroatoms. The average Bonchev–Trinajstić information content (AvgIpc) is 3.53. The van der Waals surface area contributed by atoms with Crippen LogP contribution in [-0.2, 0) is 0 Å². The van der Waals surface area contributed by atoms with Crippen LogP contribution in [0.5, 0.6) is 5.75 Å². The maximum Gasteiger partial charge on any atom is 0.272 e. The van der Waals surface area contributed by atoms with E-state index in [1.165, 1.54) is 12.0 Å². The highest BCUT2D eigenvalue weighted by atomic mass is 19.1. The van der Waals surface area contributed by atoms with E-state index in [9.17, 15) is 14.4 Å². The third-order valence-corrected chi connectivity index (χ3v) is 6.29. The maximum atomic E-state index is 13.7. The normalized spacial score (nSPS) is 15.2. The molecule has 3 aromatic heterocycles.